The summed E-state index contributed by atoms with van der Waals surface area (Å²) in [5.41, 5.74) is 3.01. The van der Waals surface area contributed by atoms with Crippen molar-refractivity contribution in [2.24, 2.45) is 0 Å². The van der Waals surface area contributed by atoms with Crippen molar-refractivity contribution in [2.45, 2.75) is 76.9 Å². The highest BCUT2D eigenvalue weighted by Gasteiger charge is 2.32. The Morgan fingerprint density at radius 1 is 0.955 bits per heavy atom. The van der Waals surface area contributed by atoms with Gasteiger partial charge in [0.15, 0.2) is 0 Å². The highest BCUT2D eigenvalue weighted by atomic mass is 35.5. The van der Waals surface area contributed by atoms with Gasteiger partial charge in [-0.05, 0) is 61.1 Å². The molecule has 236 valence electrons. The van der Waals surface area contributed by atoms with Crippen molar-refractivity contribution < 1.29 is 18.0 Å². The van der Waals surface area contributed by atoms with E-state index in [-0.39, 0.29) is 43.8 Å². The quantitative estimate of drug-likeness (QED) is 0.216. The number of carbonyl (C=O) groups is 2. The zero-order valence-electron chi connectivity index (χ0n) is 25.3. The summed E-state index contributed by atoms with van der Waals surface area (Å²) in [6.45, 7) is 2.09. The van der Waals surface area contributed by atoms with Gasteiger partial charge in [0.2, 0.25) is 21.8 Å². The van der Waals surface area contributed by atoms with Gasteiger partial charge in [0, 0.05) is 42.0 Å². The van der Waals surface area contributed by atoms with Crippen molar-refractivity contribution in [3.8, 4) is 0 Å². The molecule has 44 heavy (non-hydrogen) atoms. The summed E-state index contributed by atoms with van der Waals surface area (Å²) in [6, 6.07) is 21.3. The molecule has 2 amide bonds. The molecule has 1 unspecified atom stereocenters. The second kappa shape index (κ2) is 15.8. The summed E-state index contributed by atoms with van der Waals surface area (Å²) < 4.78 is 26.8. The lowest BCUT2D eigenvalue weighted by atomic mass is 9.94. The van der Waals surface area contributed by atoms with E-state index in [1.807, 2.05) is 49.4 Å². The third-order valence-electron chi connectivity index (χ3n) is 8.11. The summed E-state index contributed by atoms with van der Waals surface area (Å²) in [7, 11) is -3.59. The molecule has 0 spiro atoms. The maximum Gasteiger partial charge on any atom is 0.243 e. The lowest BCUT2D eigenvalue weighted by Crippen LogP contribution is -2.53. The zero-order chi connectivity index (χ0) is 31.7. The fraction of sp³-hybridized carbons (Fsp3) is 0.412. The average Bonchev–Trinajstić information content (AvgIpc) is 2.99. The number of sulfonamides is 1. The Morgan fingerprint density at radius 2 is 1.64 bits per heavy atom. The van der Waals surface area contributed by atoms with Gasteiger partial charge >= 0.3 is 0 Å². The number of hydrogen-bond acceptors (Lipinski definition) is 4. The Labute approximate surface area is 271 Å². The smallest absolute Gasteiger partial charge is 0.243 e. The first kappa shape index (κ1) is 33.8. The van der Waals surface area contributed by atoms with E-state index in [1.54, 1.807) is 35.2 Å². The number of carbonyl (C=O) groups excluding carboxylic acids is 2. The van der Waals surface area contributed by atoms with Crippen LogP contribution in [0, 0.1) is 6.92 Å². The summed E-state index contributed by atoms with van der Waals surface area (Å²) in [4.78, 5) is 29.7. The molecule has 1 aliphatic rings. The molecule has 1 atom stereocenters. The largest absolute Gasteiger partial charge is 0.352 e. The lowest BCUT2D eigenvalue weighted by Gasteiger charge is -2.34. The van der Waals surface area contributed by atoms with Crippen molar-refractivity contribution in [1.29, 1.82) is 0 Å². The van der Waals surface area contributed by atoms with Crippen LogP contribution in [0.4, 0.5) is 5.69 Å². The van der Waals surface area contributed by atoms with E-state index < -0.39 is 16.1 Å². The number of amides is 2. The maximum absolute atomic E-state index is 14.1. The van der Waals surface area contributed by atoms with E-state index in [2.05, 4.69) is 5.32 Å². The second-order valence-electron chi connectivity index (χ2n) is 11.5. The molecule has 7 nitrogen and oxygen atoms in total. The number of hydrogen-bond donors (Lipinski definition) is 1. The second-order valence-corrected chi connectivity index (χ2v) is 14.3. The minimum atomic E-state index is -3.59. The number of nitrogens with zero attached hydrogens (tertiary/aromatic N) is 2. The monoisotopic (exact) mass is 657 g/mol. The van der Waals surface area contributed by atoms with E-state index >= 15 is 0 Å². The van der Waals surface area contributed by atoms with Crippen molar-refractivity contribution in [3.63, 3.8) is 0 Å². The molecule has 0 radical (unpaired) electrons. The van der Waals surface area contributed by atoms with Crippen LogP contribution in [-0.2, 0) is 32.6 Å². The summed E-state index contributed by atoms with van der Waals surface area (Å²) >= 11 is 12.7. The number of halogens is 2. The molecule has 1 fully saturated rings. The molecule has 0 aromatic heterocycles. The van der Waals surface area contributed by atoms with Gasteiger partial charge in [-0.2, -0.15) is 0 Å². The van der Waals surface area contributed by atoms with E-state index in [1.165, 1.54) is 10.6 Å². The Hall–Kier alpha value is -3.07. The Bertz CT molecular complexity index is 1530. The van der Waals surface area contributed by atoms with E-state index in [0.717, 1.165) is 43.2 Å². The van der Waals surface area contributed by atoms with Crippen LogP contribution in [-0.4, -0.2) is 50.0 Å². The predicted molar refractivity (Wildman–Crippen MR) is 179 cm³/mol. The normalized spacial score (nSPS) is 14.5. The molecule has 0 bridgehead atoms. The molecule has 1 aliphatic carbocycles. The number of rotatable bonds is 13. The van der Waals surface area contributed by atoms with Crippen LogP contribution in [0.25, 0.3) is 0 Å². The topological polar surface area (TPSA) is 86.8 Å². The lowest BCUT2D eigenvalue weighted by molar-refractivity contribution is -0.141. The molecule has 0 aliphatic heterocycles. The molecular weight excluding hydrogens is 617 g/mol. The van der Waals surface area contributed by atoms with Crippen molar-refractivity contribution >= 4 is 50.7 Å². The Kier molecular flexibility index (Phi) is 12.1. The maximum atomic E-state index is 14.1. The van der Waals surface area contributed by atoms with Gasteiger partial charge in [0.25, 0.3) is 0 Å². The van der Waals surface area contributed by atoms with Crippen LogP contribution in [0.1, 0.15) is 61.6 Å². The third-order valence-corrected chi connectivity index (χ3v) is 9.88. The van der Waals surface area contributed by atoms with Crippen molar-refractivity contribution in [1.82, 2.24) is 10.2 Å². The number of aryl methyl sites for hydroxylation is 1. The highest BCUT2D eigenvalue weighted by Crippen LogP contribution is 2.26. The molecule has 3 aromatic carbocycles. The molecule has 1 saturated carbocycles. The minimum Gasteiger partial charge on any atom is -0.352 e. The number of para-hydroxylation sites is 1. The van der Waals surface area contributed by atoms with Gasteiger partial charge in [-0.15, -0.1) is 0 Å². The molecule has 3 aromatic rings. The molecule has 10 heteroatoms. The number of benzene rings is 3. The van der Waals surface area contributed by atoms with Crippen LogP contribution in [0.15, 0.2) is 72.8 Å². The van der Waals surface area contributed by atoms with E-state index in [9.17, 15) is 18.0 Å². The van der Waals surface area contributed by atoms with Gasteiger partial charge in [0.05, 0.1) is 11.9 Å². The minimum absolute atomic E-state index is 0.0467. The van der Waals surface area contributed by atoms with Gasteiger partial charge < -0.3 is 10.2 Å². The molecule has 1 N–H and O–H groups in total. The predicted octanol–water partition coefficient (Wildman–Crippen LogP) is 6.94. The molecular formula is C34H41Cl2N3O4S. The van der Waals surface area contributed by atoms with Crippen LogP contribution in [0.2, 0.25) is 10.0 Å². The van der Waals surface area contributed by atoms with Crippen LogP contribution in [0.5, 0.6) is 0 Å². The van der Waals surface area contributed by atoms with E-state index in [4.69, 9.17) is 23.2 Å². The summed E-state index contributed by atoms with van der Waals surface area (Å²) in [5, 5.41) is 4.11. The van der Waals surface area contributed by atoms with E-state index in [0.29, 0.717) is 27.7 Å². The molecule has 0 saturated heterocycles. The average molecular weight is 659 g/mol. The first-order chi connectivity index (χ1) is 21.0. The number of anilines is 1. The van der Waals surface area contributed by atoms with Gasteiger partial charge in [-0.25, -0.2) is 8.42 Å². The summed E-state index contributed by atoms with van der Waals surface area (Å²) in [5.74, 6) is -0.453. The highest BCUT2D eigenvalue weighted by molar-refractivity contribution is 7.92. The summed E-state index contributed by atoms with van der Waals surface area (Å²) in [6.07, 6.45) is 6.94. The molecule has 4 rings (SSSR count). The zero-order valence-corrected chi connectivity index (χ0v) is 27.7. The Morgan fingerprint density at radius 3 is 2.30 bits per heavy atom. The number of nitrogens with one attached hydrogen (secondary N) is 1. The standard InChI is InChI=1S/C34H41Cl2N3O4S/c1-25-12-9-10-17-31(25)39(44(2,42)43)21-11-18-33(40)38(24-27-19-20-28(35)23-30(27)36)32(22-26-13-5-3-6-14-26)34(41)37-29-15-7-4-8-16-29/h3,5-6,9-10,12-14,17,19-20,23,29,32H,4,7-8,11,15-16,18,21-22,24H2,1-2H3,(H,37,41). The SMILES string of the molecule is Cc1ccccc1N(CCCC(=O)N(Cc1ccc(Cl)cc1Cl)C(Cc1ccccc1)C(=O)NC1CCCCC1)S(C)(=O)=O. The fourth-order valence-corrected chi connectivity index (χ4v) is 7.25. The van der Waals surface area contributed by atoms with Gasteiger partial charge in [-0.1, -0.05) is 97.1 Å². The van der Waals surface area contributed by atoms with Crippen molar-refractivity contribution in [2.75, 3.05) is 17.1 Å². The van der Waals surface area contributed by atoms with Crippen LogP contribution >= 0.6 is 23.2 Å². The van der Waals surface area contributed by atoms with Crippen LogP contribution < -0.4 is 9.62 Å². The van der Waals surface area contributed by atoms with Gasteiger partial charge in [0.1, 0.15) is 6.04 Å². The first-order valence-electron chi connectivity index (χ1n) is 15.1. The van der Waals surface area contributed by atoms with Crippen molar-refractivity contribution in [3.05, 3.63) is 99.5 Å². The van der Waals surface area contributed by atoms with Gasteiger partial charge in [-0.3, -0.25) is 13.9 Å². The Balaban J connectivity index is 1.62. The van der Waals surface area contributed by atoms with Crippen LogP contribution in [0.3, 0.4) is 0 Å². The molecule has 0 heterocycles. The fourth-order valence-electron chi connectivity index (χ4n) is 5.76. The first-order valence-corrected chi connectivity index (χ1v) is 17.7. The third kappa shape index (κ3) is 9.46.